The summed E-state index contributed by atoms with van der Waals surface area (Å²) in [6, 6.07) is 9.81. The SMILES string of the molecule is C.C=C(C(C)C)C(CC(=O)OC)C(C)(C)O.C=C(C(C)C)C(CC(=O)OC)C(C)(C)OC.C=C(C(C)C)C(CC(=O)OC)C(C)OC.C=C(C(C)C)C(CC(=O)OC)C1CCOC1.C=C(C(C)C)C(CCO)CC(=O)OC.C=C(C(C)C)C(c1ccccc1)N(CC)C(=O)OC. The fourth-order valence-corrected chi connectivity index (χ4v) is 10.1. The smallest absolute Gasteiger partial charge is 0.410 e. The molecular weight excluding hydrogens is 1220 g/mol. The Morgan fingerprint density at radius 1 is 0.542 bits per heavy atom. The van der Waals surface area contributed by atoms with Crippen LogP contribution in [-0.2, 0) is 66.6 Å². The summed E-state index contributed by atoms with van der Waals surface area (Å²) < 4.78 is 44.3. The van der Waals surface area contributed by atoms with Crippen molar-refractivity contribution in [2.45, 2.75) is 200 Å². The van der Waals surface area contributed by atoms with E-state index in [0.717, 1.165) is 58.6 Å². The zero-order valence-electron chi connectivity index (χ0n) is 64.0. The van der Waals surface area contributed by atoms with Crippen molar-refractivity contribution >= 4 is 35.9 Å². The van der Waals surface area contributed by atoms with E-state index in [9.17, 15) is 33.9 Å². The largest absolute Gasteiger partial charge is 0.469 e. The number of amides is 1. The van der Waals surface area contributed by atoms with Crippen molar-refractivity contribution in [2.24, 2.45) is 71.0 Å². The molecule has 0 radical (unpaired) electrons. The summed E-state index contributed by atoms with van der Waals surface area (Å²) in [6.07, 6.45) is 2.83. The van der Waals surface area contributed by atoms with Crippen molar-refractivity contribution in [3.63, 3.8) is 0 Å². The molecule has 0 aliphatic carbocycles. The van der Waals surface area contributed by atoms with Crippen LogP contribution in [-0.4, -0.2) is 152 Å². The van der Waals surface area contributed by atoms with Crippen LogP contribution in [0, 0.1) is 71.0 Å². The van der Waals surface area contributed by atoms with Crippen molar-refractivity contribution in [3.8, 4) is 0 Å². The molecule has 1 aromatic rings. The Labute approximate surface area is 583 Å². The summed E-state index contributed by atoms with van der Waals surface area (Å²) >= 11 is 0. The number of carbonyl (C=O) groups is 6. The topological polar surface area (TPSA) is 229 Å². The minimum absolute atomic E-state index is 0. The molecule has 556 valence electrons. The van der Waals surface area contributed by atoms with Crippen molar-refractivity contribution < 1.29 is 81.6 Å². The number of ether oxygens (including phenoxy) is 9. The summed E-state index contributed by atoms with van der Waals surface area (Å²) in [5.41, 5.74) is 5.81. The highest BCUT2D eigenvalue weighted by Gasteiger charge is 2.36. The van der Waals surface area contributed by atoms with Crippen molar-refractivity contribution in [1.29, 1.82) is 0 Å². The van der Waals surface area contributed by atoms with Gasteiger partial charge in [-0.1, -0.05) is 188 Å². The van der Waals surface area contributed by atoms with Crippen molar-refractivity contribution in [3.05, 3.63) is 109 Å². The van der Waals surface area contributed by atoms with Gasteiger partial charge in [-0.15, -0.1) is 0 Å². The number of aliphatic hydroxyl groups excluding tert-OH is 1. The Balaban J connectivity index is -0.000000345. The number of hydrogen-bond acceptors (Lipinski definition) is 17. The second-order valence-corrected chi connectivity index (χ2v) is 26.9. The number of allylic oxidation sites excluding steroid dienone is 2. The highest BCUT2D eigenvalue weighted by atomic mass is 16.6. The van der Waals surface area contributed by atoms with E-state index in [4.69, 9.17) is 33.5 Å². The van der Waals surface area contributed by atoms with Gasteiger partial charge in [0.2, 0.25) is 0 Å². The van der Waals surface area contributed by atoms with Gasteiger partial charge < -0.3 is 52.8 Å². The first-order chi connectivity index (χ1) is 44.0. The van der Waals surface area contributed by atoms with E-state index in [-0.39, 0.29) is 104 Å². The van der Waals surface area contributed by atoms with Crippen LogP contribution in [0.1, 0.15) is 189 Å². The third kappa shape index (κ3) is 38.9. The monoisotopic (exact) mass is 1360 g/mol. The molecule has 1 aliphatic rings. The number of methoxy groups -OCH3 is 8. The zero-order chi connectivity index (χ0) is 74.8. The van der Waals surface area contributed by atoms with E-state index in [1.807, 2.05) is 85.7 Å². The number of rotatable bonds is 33. The van der Waals surface area contributed by atoms with Gasteiger partial charge in [0, 0.05) is 51.7 Å². The van der Waals surface area contributed by atoms with E-state index in [1.54, 1.807) is 33.0 Å². The molecule has 0 spiro atoms. The molecule has 8 atom stereocenters. The number of nitrogens with zero attached hydrogens (tertiary/aromatic N) is 1. The van der Waals surface area contributed by atoms with Crippen LogP contribution < -0.4 is 0 Å². The molecule has 1 saturated heterocycles. The maximum absolute atomic E-state index is 11.9. The van der Waals surface area contributed by atoms with Crippen LogP contribution in [0.3, 0.4) is 0 Å². The number of likely N-dealkylation sites (N-methyl/N-ethyl adjacent to an activating group) is 1. The maximum atomic E-state index is 11.9. The highest BCUT2D eigenvalue weighted by molar-refractivity contribution is 5.72. The van der Waals surface area contributed by atoms with Gasteiger partial charge in [0.05, 0.1) is 105 Å². The minimum Gasteiger partial charge on any atom is -0.469 e. The Morgan fingerprint density at radius 3 is 1.28 bits per heavy atom. The molecule has 18 nitrogen and oxygen atoms in total. The number of aliphatic hydroxyl groups is 2. The first-order valence-corrected chi connectivity index (χ1v) is 33.3. The highest BCUT2D eigenvalue weighted by Crippen LogP contribution is 2.37. The molecule has 1 heterocycles. The molecule has 18 heteroatoms. The fraction of sp³-hybridized carbons (Fsp3) is 0.692. The van der Waals surface area contributed by atoms with E-state index >= 15 is 0 Å². The Bertz CT molecular complexity index is 2440. The molecule has 0 saturated carbocycles. The quantitative estimate of drug-likeness (QED) is 0.0379. The molecule has 8 unspecified atom stereocenters. The molecule has 0 bridgehead atoms. The molecule has 1 aromatic carbocycles. The van der Waals surface area contributed by atoms with Crippen molar-refractivity contribution in [1.82, 2.24) is 4.90 Å². The summed E-state index contributed by atoms with van der Waals surface area (Å²) in [7, 11) is 11.7. The van der Waals surface area contributed by atoms with Crippen LogP contribution in [0.2, 0.25) is 0 Å². The first kappa shape index (κ1) is 98.7. The van der Waals surface area contributed by atoms with Gasteiger partial charge in [0.15, 0.2) is 0 Å². The summed E-state index contributed by atoms with van der Waals surface area (Å²) in [4.78, 5) is 70.0. The number of hydrogen-bond donors (Lipinski definition) is 2. The van der Waals surface area contributed by atoms with Gasteiger partial charge in [-0.2, -0.15) is 0 Å². The number of esters is 5. The van der Waals surface area contributed by atoms with E-state index in [2.05, 4.69) is 109 Å². The van der Waals surface area contributed by atoms with E-state index in [1.165, 1.54) is 42.7 Å². The lowest BCUT2D eigenvalue weighted by Crippen LogP contribution is -2.37. The average Bonchev–Trinajstić information content (AvgIpc) is 1.15. The van der Waals surface area contributed by atoms with Gasteiger partial charge in [-0.3, -0.25) is 28.9 Å². The lowest BCUT2D eigenvalue weighted by atomic mass is 9.78. The van der Waals surface area contributed by atoms with Crippen LogP contribution in [0.4, 0.5) is 4.79 Å². The first-order valence-electron chi connectivity index (χ1n) is 33.3. The van der Waals surface area contributed by atoms with Gasteiger partial charge in [-0.05, 0) is 119 Å². The summed E-state index contributed by atoms with van der Waals surface area (Å²) in [6.45, 7) is 62.4. The molecule has 1 aliphatic heterocycles. The van der Waals surface area contributed by atoms with Crippen LogP contribution >= 0.6 is 0 Å². The molecule has 1 fully saturated rings. The normalized spacial score (nSPS) is 14.7. The minimum atomic E-state index is -0.949. The lowest BCUT2D eigenvalue weighted by Gasteiger charge is -2.35. The predicted octanol–water partition coefficient (Wildman–Crippen LogP) is 16.2. The molecule has 2 N–H and O–H groups in total. The fourth-order valence-electron chi connectivity index (χ4n) is 10.1. The standard InChI is InChI=1S/C16H23NO2.C13H22O3.C13H24O3.2C12H22O3.C11H20O3.CH4/c1-6-17(16(18)19-5)15(13(4)12(2)3)14-10-8-7-9-11-14;1-9(2)10(3)12(7-13(14)15-4)11-5-6-16-8-11;1-9(2)10(3)11(8-12(14)15-6)13(4,5)16-7;1-8(2)9(3)10(12(4,5)14)7-11(13)15-6;1-8(2)9(3)11(10(4)14-5)7-12(13)15-6;1-8(2)9(3)10(5-6-12)7-11(13)14-4;/h7-12,15H,4,6H2,1-3,5H3;9,11-12H,3,5-8H2,1-2,4H3;9,11H,3,8H2,1-2,4-7H3;8,10,14H,3,7H2,1-2,4-6H3;8,10-11H,3,7H2,1-2,4-6H3;8,10,12H,3,5-7H2,1-2,4H3;1H4. The molecular formula is C78H137NO17. The average molecular weight is 1360 g/mol. The predicted molar refractivity (Wildman–Crippen MR) is 390 cm³/mol. The van der Waals surface area contributed by atoms with E-state index < -0.39 is 11.2 Å². The second kappa shape index (κ2) is 52.2. The summed E-state index contributed by atoms with van der Waals surface area (Å²) in [5.74, 6) is 1.19. The van der Waals surface area contributed by atoms with Crippen LogP contribution in [0.25, 0.3) is 0 Å². The van der Waals surface area contributed by atoms with Gasteiger partial charge in [0.1, 0.15) is 0 Å². The maximum Gasteiger partial charge on any atom is 0.410 e. The molecule has 0 aromatic heterocycles. The number of benzene rings is 1. The van der Waals surface area contributed by atoms with Crippen LogP contribution in [0.5, 0.6) is 0 Å². The van der Waals surface area contributed by atoms with Gasteiger partial charge in [-0.25, -0.2) is 4.79 Å². The van der Waals surface area contributed by atoms with E-state index in [0.29, 0.717) is 74.2 Å². The Hall–Kier alpha value is -5.92. The Morgan fingerprint density at radius 2 is 0.938 bits per heavy atom. The molecule has 1 amide bonds. The second-order valence-electron chi connectivity index (χ2n) is 26.9. The lowest BCUT2D eigenvalue weighted by molar-refractivity contribution is -0.144. The van der Waals surface area contributed by atoms with Gasteiger partial charge >= 0.3 is 35.9 Å². The third-order valence-electron chi connectivity index (χ3n) is 17.6. The molecule has 2 rings (SSSR count). The zero-order valence-corrected chi connectivity index (χ0v) is 64.0. The Kier molecular flexibility index (Phi) is 53.7. The third-order valence-corrected chi connectivity index (χ3v) is 17.6. The van der Waals surface area contributed by atoms with Crippen molar-refractivity contribution in [2.75, 3.05) is 83.2 Å². The molecule has 96 heavy (non-hydrogen) atoms. The van der Waals surface area contributed by atoms with Crippen LogP contribution in [0.15, 0.2) is 103 Å². The number of carbonyl (C=O) groups excluding carboxylic acids is 6. The summed E-state index contributed by atoms with van der Waals surface area (Å²) in [5, 5.41) is 18.8. The van der Waals surface area contributed by atoms with Gasteiger partial charge in [0.25, 0.3) is 0 Å².